The van der Waals surface area contributed by atoms with Crippen LogP contribution in [0.15, 0.2) is 42.6 Å². The minimum absolute atomic E-state index is 0.0318. The third kappa shape index (κ3) is 3.50. The van der Waals surface area contributed by atoms with Crippen LogP contribution in [0.2, 0.25) is 0 Å². The normalized spacial score (nSPS) is 10.9. The van der Waals surface area contributed by atoms with Gasteiger partial charge in [-0.25, -0.2) is 19.4 Å². The van der Waals surface area contributed by atoms with E-state index in [1.54, 1.807) is 13.3 Å². The molecule has 7 nitrogen and oxygen atoms in total. The first-order chi connectivity index (χ1) is 12.0. The van der Waals surface area contributed by atoms with E-state index < -0.39 is 5.97 Å². The second kappa shape index (κ2) is 6.72. The molecule has 7 heteroatoms. The number of hydrogen-bond acceptors (Lipinski definition) is 5. The van der Waals surface area contributed by atoms with Crippen LogP contribution in [0.25, 0.3) is 17.2 Å². The first-order valence-corrected chi connectivity index (χ1v) is 7.80. The standard InChI is InChI=1S/C18H18N4O3/c1-11(2)15-10-16(22-9-8-14(21-22)18(23)24)20-17(19-15)12-4-6-13(25-3)7-5-12/h4-11H,1-3H3,(H,23,24). The number of rotatable bonds is 5. The third-order valence-electron chi connectivity index (χ3n) is 3.72. The molecule has 2 aromatic heterocycles. The predicted octanol–water partition coefficient (Wildman–Crippen LogP) is 3.16. The predicted molar refractivity (Wildman–Crippen MR) is 92.2 cm³/mol. The maximum atomic E-state index is 11.0. The van der Waals surface area contributed by atoms with Gasteiger partial charge in [-0.05, 0) is 36.2 Å². The number of aromatic carboxylic acids is 1. The van der Waals surface area contributed by atoms with E-state index >= 15 is 0 Å². The highest BCUT2D eigenvalue weighted by molar-refractivity contribution is 5.85. The molecule has 0 aliphatic carbocycles. The zero-order valence-corrected chi connectivity index (χ0v) is 14.2. The molecular weight excluding hydrogens is 320 g/mol. The summed E-state index contributed by atoms with van der Waals surface area (Å²) in [6, 6.07) is 10.7. The molecule has 0 atom stereocenters. The first kappa shape index (κ1) is 16.6. The molecule has 25 heavy (non-hydrogen) atoms. The number of methoxy groups -OCH3 is 1. The summed E-state index contributed by atoms with van der Waals surface area (Å²) in [5.41, 5.74) is 1.66. The van der Waals surface area contributed by atoms with Gasteiger partial charge in [0.05, 0.1) is 7.11 Å². The molecule has 0 spiro atoms. The van der Waals surface area contributed by atoms with Gasteiger partial charge in [0, 0.05) is 23.5 Å². The zero-order valence-electron chi connectivity index (χ0n) is 14.2. The van der Waals surface area contributed by atoms with E-state index in [0.29, 0.717) is 11.6 Å². The largest absolute Gasteiger partial charge is 0.497 e. The molecule has 0 fully saturated rings. The van der Waals surface area contributed by atoms with Crippen molar-refractivity contribution in [3.05, 3.63) is 54.0 Å². The van der Waals surface area contributed by atoms with Crippen LogP contribution < -0.4 is 4.74 Å². The van der Waals surface area contributed by atoms with Gasteiger partial charge >= 0.3 is 5.97 Å². The topological polar surface area (TPSA) is 90.1 Å². The van der Waals surface area contributed by atoms with Gasteiger partial charge in [-0.2, -0.15) is 5.10 Å². The highest BCUT2D eigenvalue weighted by atomic mass is 16.5. The third-order valence-corrected chi connectivity index (χ3v) is 3.72. The van der Waals surface area contributed by atoms with Crippen molar-refractivity contribution in [2.24, 2.45) is 0 Å². The van der Waals surface area contributed by atoms with Gasteiger partial charge < -0.3 is 9.84 Å². The van der Waals surface area contributed by atoms with Crippen molar-refractivity contribution >= 4 is 5.97 Å². The fourth-order valence-electron chi connectivity index (χ4n) is 2.30. The van der Waals surface area contributed by atoms with Crippen LogP contribution in [-0.2, 0) is 0 Å². The van der Waals surface area contributed by atoms with Crippen LogP contribution in [0.1, 0.15) is 35.9 Å². The highest BCUT2D eigenvalue weighted by Crippen LogP contribution is 2.23. The summed E-state index contributed by atoms with van der Waals surface area (Å²) in [4.78, 5) is 20.2. The molecule has 128 valence electrons. The van der Waals surface area contributed by atoms with Crippen molar-refractivity contribution in [1.82, 2.24) is 19.7 Å². The van der Waals surface area contributed by atoms with Gasteiger partial charge in [0.2, 0.25) is 0 Å². The fraction of sp³-hybridized carbons (Fsp3) is 0.222. The molecule has 0 saturated heterocycles. The van der Waals surface area contributed by atoms with E-state index in [-0.39, 0.29) is 11.6 Å². The molecule has 0 amide bonds. The molecule has 1 aromatic carbocycles. The molecule has 3 aromatic rings. The quantitative estimate of drug-likeness (QED) is 0.768. The number of benzene rings is 1. The van der Waals surface area contributed by atoms with Gasteiger partial charge in [0.15, 0.2) is 17.3 Å². The van der Waals surface area contributed by atoms with Crippen molar-refractivity contribution in [2.75, 3.05) is 7.11 Å². The van der Waals surface area contributed by atoms with E-state index in [1.807, 2.05) is 44.2 Å². The minimum Gasteiger partial charge on any atom is -0.497 e. The molecule has 0 radical (unpaired) electrons. The number of nitrogens with zero attached hydrogens (tertiary/aromatic N) is 4. The summed E-state index contributed by atoms with van der Waals surface area (Å²) in [6.45, 7) is 4.07. The van der Waals surface area contributed by atoms with Crippen LogP contribution in [0.5, 0.6) is 5.75 Å². The number of carbonyl (C=O) groups is 1. The Balaban J connectivity index is 2.08. The number of aromatic nitrogens is 4. The number of hydrogen-bond donors (Lipinski definition) is 1. The van der Waals surface area contributed by atoms with Crippen LogP contribution in [0.3, 0.4) is 0 Å². The summed E-state index contributed by atoms with van der Waals surface area (Å²) in [5, 5.41) is 13.1. The maximum Gasteiger partial charge on any atom is 0.356 e. The van der Waals surface area contributed by atoms with Gasteiger partial charge in [-0.15, -0.1) is 0 Å². The minimum atomic E-state index is -1.08. The summed E-state index contributed by atoms with van der Waals surface area (Å²) in [7, 11) is 1.61. The SMILES string of the molecule is COc1ccc(-c2nc(C(C)C)cc(-n3ccc(C(=O)O)n3)n2)cc1. The van der Waals surface area contributed by atoms with Gasteiger partial charge in [0.1, 0.15) is 5.75 Å². The molecule has 0 aliphatic rings. The average Bonchev–Trinajstić information content (AvgIpc) is 3.12. The molecule has 1 N–H and O–H groups in total. The Morgan fingerprint density at radius 2 is 1.88 bits per heavy atom. The Labute approximate surface area is 144 Å². The van der Waals surface area contributed by atoms with Crippen molar-refractivity contribution in [1.29, 1.82) is 0 Å². The Morgan fingerprint density at radius 3 is 2.44 bits per heavy atom. The Bertz CT molecular complexity index is 901. The molecular formula is C18H18N4O3. The molecule has 0 saturated carbocycles. The van der Waals surface area contributed by atoms with Crippen LogP contribution >= 0.6 is 0 Å². The van der Waals surface area contributed by atoms with Crippen molar-refractivity contribution in [3.8, 4) is 23.0 Å². The average molecular weight is 338 g/mol. The number of carboxylic acids is 1. The van der Waals surface area contributed by atoms with E-state index in [4.69, 9.17) is 9.84 Å². The lowest BCUT2D eigenvalue weighted by molar-refractivity contribution is 0.0690. The monoisotopic (exact) mass is 338 g/mol. The smallest absolute Gasteiger partial charge is 0.356 e. The van der Waals surface area contributed by atoms with E-state index in [0.717, 1.165) is 17.0 Å². The van der Waals surface area contributed by atoms with E-state index in [2.05, 4.69) is 15.1 Å². The summed E-state index contributed by atoms with van der Waals surface area (Å²) in [5.74, 6) is 0.941. The maximum absolute atomic E-state index is 11.0. The van der Waals surface area contributed by atoms with Crippen molar-refractivity contribution in [2.45, 2.75) is 19.8 Å². The lowest BCUT2D eigenvalue weighted by Crippen LogP contribution is -2.06. The van der Waals surface area contributed by atoms with Crippen molar-refractivity contribution in [3.63, 3.8) is 0 Å². The summed E-state index contributed by atoms with van der Waals surface area (Å²) in [6.07, 6.45) is 1.58. The van der Waals surface area contributed by atoms with Crippen LogP contribution in [0, 0.1) is 0 Å². The van der Waals surface area contributed by atoms with Gasteiger partial charge in [-0.3, -0.25) is 0 Å². The molecule has 2 heterocycles. The highest BCUT2D eigenvalue weighted by Gasteiger charge is 2.13. The number of ether oxygens (including phenoxy) is 1. The van der Waals surface area contributed by atoms with Crippen LogP contribution in [0.4, 0.5) is 0 Å². The second-order valence-electron chi connectivity index (χ2n) is 5.81. The number of carboxylic acid groups (broad SMARTS) is 1. The molecule has 0 unspecified atom stereocenters. The summed E-state index contributed by atoms with van der Waals surface area (Å²) < 4.78 is 6.62. The van der Waals surface area contributed by atoms with Crippen LogP contribution in [-0.4, -0.2) is 37.9 Å². The lowest BCUT2D eigenvalue weighted by Gasteiger charge is -2.11. The van der Waals surface area contributed by atoms with E-state index in [1.165, 1.54) is 10.7 Å². The van der Waals surface area contributed by atoms with E-state index in [9.17, 15) is 4.79 Å². The van der Waals surface area contributed by atoms with Gasteiger partial charge in [0.25, 0.3) is 0 Å². The lowest BCUT2D eigenvalue weighted by atomic mass is 10.1. The molecule has 3 rings (SSSR count). The summed E-state index contributed by atoms with van der Waals surface area (Å²) >= 11 is 0. The molecule has 0 aliphatic heterocycles. The Morgan fingerprint density at radius 1 is 1.16 bits per heavy atom. The first-order valence-electron chi connectivity index (χ1n) is 7.80. The second-order valence-corrected chi connectivity index (χ2v) is 5.81. The zero-order chi connectivity index (χ0) is 18.0. The Hall–Kier alpha value is -3.22. The van der Waals surface area contributed by atoms with Gasteiger partial charge in [-0.1, -0.05) is 13.8 Å². The fourth-order valence-corrected chi connectivity index (χ4v) is 2.30. The van der Waals surface area contributed by atoms with Crippen molar-refractivity contribution < 1.29 is 14.6 Å². The Kier molecular flexibility index (Phi) is 4.47. The molecule has 0 bridgehead atoms.